The number of methoxy groups -OCH3 is 2. The molecule has 0 atom stereocenters. The van der Waals surface area contributed by atoms with Crippen molar-refractivity contribution in [1.29, 1.82) is 0 Å². The summed E-state index contributed by atoms with van der Waals surface area (Å²) in [4.78, 5) is 26.2. The maximum absolute atomic E-state index is 12.7. The van der Waals surface area contributed by atoms with E-state index in [9.17, 15) is 14.7 Å². The molecule has 1 aliphatic rings. The number of amides is 1. The molecule has 24 heavy (non-hydrogen) atoms. The van der Waals surface area contributed by atoms with E-state index in [0.717, 1.165) is 0 Å². The maximum Gasteiger partial charge on any atom is 0.340 e. The fraction of sp³-hybridized carbons (Fsp3) is 0.222. The molecule has 0 bridgehead atoms. The third kappa shape index (κ3) is 2.90. The summed E-state index contributed by atoms with van der Waals surface area (Å²) in [5.41, 5.74) is 1.18. The van der Waals surface area contributed by atoms with Crippen molar-refractivity contribution >= 4 is 18.0 Å². The van der Waals surface area contributed by atoms with Gasteiger partial charge in [-0.2, -0.15) is 0 Å². The van der Waals surface area contributed by atoms with Crippen molar-refractivity contribution in [3.05, 3.63) is 53.3 Å². The number of esters is 1. The van der Waals surface area contributed by atoms with E-state index in [0.29, 0.717) is 11.3 Å². The number of phenolic OH excluding ortho intramolecular Hbond substituents is 1. The van der Waals surface area contributed by atoms with Crippen LogP contribution in [0.25, 0.3) is 6.08 Å². The standard InChI is InChI=1S/C18H19NO5/c1-5-9-19-11(2)15(18(22)24-4)13(17(19)21)10-12-7-6-8-14(23-3)16(12)20/h5-8,10,20H,1,9H2,2-4H3. The monoisotopic (exact) mass is 329 g/mol. The molecule has 1 aromatic carbocycles. The highest BCUT2D eigenvalue weighted by molar-refractivity contribution is 6.16. The molecule has 0 spiro atoms. The number of carbonyl (C=O) groups excluding carboxylic acids is 2. The van der Waals surface area contributed by atoms with Gasteiger partial charge in [0.2, 0.25) is 0 Å². The molecule has 6 heteroatoms. The Labute approximate surface area is 140 Å². The van der Waals surface area contributed by atoms with Crippen LogP contribution in [0, 0.1) is 0 Å². The molecule has 0 saturated carbocycles. The van der Waals surface area contributed by atoms with Crippen LogP contribution in [0.4, 0.5) is 0 Å². The molecule has 126 valence electrons. The molecule has 2 rings (SSSR count). The van der Waals surface area contributed by atoms with E-state index < -0.39 is 5.97 Å². The molecule has 0 aliphatic carbocycles. The number of carbonyl (C=O) groups is 2. The summed E-state index contributed by atoms with van der Waals surface area (Å²) in [6.45, 7) is 5.56. The van der Waals surface area contributed by atoms with Gasteiger partial charge in [-0.15, -0.1) is 6.58 Å². The predicted molar refractivity (Wildman–Crippen MR) is 89.3 cm³/mol. The van der Waals surface area contributed by atoms with Gasteiger partial charge in [0.05, 0.1) is 25.4 Å². The molecule has 0 unspecified atom stereocenters. The van der Waals surface area contributed by atoms with Crippen LogP contribution in [0.5, 0.6) is 11.5 Å². The van der Waals surface area contributed by atoms with E-state index in [1.54, 1.807) is 31.2 Å². The van der Waals surface area contributed by atoms with Gasteiger partial charge in [-0.1, -0.05) is 18.2 Å². The first kappa shape index (κ1) is 17.3. The zero-order valence-corrected chi connectivity index (χ0v) is 13.8. The highest BCUT2D eigenvalue weighted by Gasteiger charge is 2.36. The number of hydrogen-bond donors (Lipinski definition) is 1. The molecular weight excluding hydrogens is 310 g/mol. The van der Waals surface area contributed by atoms with E-state index in [1.165, 1.54) is 25.2 Å². The Hall–Kier alpha value is -3.02. The SMILES string of the molecule is C=CCN1C(=O)C(=Cc2cccc(OC)c2O)C(C(=O)OC)=C1C. The Morgan fingerprint density at radius 2 is 2.08 bits per heavy atom. The average molecular weight is 329 g/mol. The molecule has 1 amide bonds. The number of aromatic hydroxyl groups is 1. The van der Waals surface area contributed by atoms with Crippen molar-refractivity contribution in [3.63, 3.8) is 0 Å². The predicted octanol–water partition coefficient (Wildman–Crippen LogP) is 2.26. The summed E-state index contributed by atoms with van der Waals surface area (Å²) < 4.78 is 9.85. The molecule has 1 aliphatic heterocycles. The Morgan fingerprint density at radius 1 is 1.38 bits per heavy atom. The van der Waals surface area contributed by atoms with E-state index in [-0.39, 0.29) is 35.1 Å². The second-order valence-corrected chi connectivity index (χ2v) is 5.11. The van der Waals surface area contributed by atoms with Crippen LogP contribution < -0.4 is 4.74 Å². The maximum atomic E-state index is 12.7. The van der Waals surface area contributed by atoms with Crippen molar-refractivity contribution < 1.29 is 24.2 Å². The largest absolute Gasteiger partial charge is 0.504 e. The van der Waals surface area contributed by atoms with E-state index >= 15 is 0 Å². The van der Waals surface area contributed by atoms with Gasteiger partial charge in [0.1, 0.15) is 0 Å². The normalized spacial score (nSPS) is 15.9. The van der Waals surface area contributed by atoms with Crippen molar-refractivity contribution in [2.45, 2.75) is 6.92 Å². The van der Waals surface area contributed by atoms with Gasteiger partial charge in [0, 0.05) is 17.8 Å². The minimum atomic E-state index is -0.610. The molecule has 0 aromatic heterocycles. The Balaban J connectivity index is 2.60. The number of para-hydroxylation sites is 1. The summed E-state index contributed by atoms with van der Waals surface area (Å²) in [6.07, 6.45) is 3.03. The first-order valence-electron chi connectivity index (χ1n) is 7.26. The zero-order valence-electron chi connectivity index (χ0n) is 13.8. The second kappa shape index (κ2) is 7.04. The van der Waals surface area contributed by atoms with Crippen LogP contribution in [0.15, 0.2) is 47.7 Å². The lowest BCUT2D eigenvalue weighted by Gasteiger charge is -2.14. The summed E-state index contributed by atoms with van der Waals surface area (Å²) >= 11 is 0. The van der Waals surface area contributed by atoms with E-state index in [2.05, 4.69) is 6.58 Å². The number of phenols is 1. The molecule has 0 radical (unpaired) electrons. The van der Waals surface area contributed by atoms with Crippen LogP contribution in [-0.4, -0.2) is 42.6 Å². The highest BCUT2D eigenvalue weighted by Crippen LogP contribution is 2.35. The topological polar surface area (TPSA) is 76.1 Å². The Morgan fingerprint density at radius 3 is 2.67 bits per heavy atom. The van der Waals surface area contributed by atoms with Crippen molar-refractivity contribution in [2.24, 2.45) is 0 Å². The van der Waals surface area contributed by atoms with Gasteiger partial charge in [0.25, 0.3) is 5.91 Å². The second-order valence-electron chi connectivity index (χ2n) is 5.11. The van der Waals surface area contributed by atoms with Gasteiger partial charge < -0.3 is 19.5 Å². The van der Waals surface area contributed by atoms with Crippen LogP contribution in [0.3, 0.4) is 0 Å². The molecule has 1 aromatic rings. The smallest absolute Gasteiger partial charge is 0.340 e. The molecular formula is C18H19NO5. The molecule has 1 N–H and O–H groups in total. The number of allylic oxidation sites excluding steroid dienone is 1. The zero-order chi connectivity index (χ0) is 17.9. The van der Waals surface area contributed by atoms with Crippen molar-refractivity contribution in [2.75, 3.05) is 20.8 Å². The lowest BCUT2D eigenvalue weighted by Crippen LogP contribution is -2.24. The van der Waals surface area contributed by atoms with Crippen LogP contribution in [0.2, 0.25) is 0 Å². The molecule has 0 saturated heterocycles. The van der Waals surface area contributed by atoms with Gasteiger partial charge in [-0.05, 0) is 19.1 Å². The lowest BCUT2D eigenvalue weighted by molar-refractivity contribution is -0.136. The Kier molecular flexibility index (Phi) is 5.08. The number of ether oxygens (including phenoxy) is 2. The minimum absolute atomic E-state index is 0.107. The van der Waals surface area contributed by atoms with Crippen molar-refractivity contribution in [1.82, 2.24) is 4.90 Å². The van der Waals surface area contributed by atoms with Gasteiger partial charge in [0.15, 0.2) is 11.5 Å². The lowest BCUT2D eigenvalue weighted by atomic mass is 10.0. The molecule has 1 heterocycles. The number of nitrogens with zero attached hydrogens (tertiary/aromatic N) is 1. The summed E-state index contributed by atoms with van der Waals surface area (Å²) in [5.74, 6) is -0.793. The first-order valence-corrected chi connectivity index (χ1v) is 7.26. The van der Waals surface area contributed by atoms with Gasteiger partial charge in [-0.3, -0.25) is 4.79 Å². The third-order valence-electron chi connectivity index (χ3n) is 3.76. The number of rotatable bonds is 5. The molecule has 6 nitrogen and oxygen atoms in total. The highest BCUT2D eigenvalue weighted by atomic mass is 16.5. The van der Waals surface area contributed by atoms with Gasteiger partial charge in [-0.25, -0.2) is 4.79 Å². The third-order valence-corrected chi connectivity index (χ3v) is 3.76. The van der Waals surface area contributed by atoms with Gasteiger partial charge >= 0.3 is 5.97 Å². The fourth-order valence-corrected chi connectivity index (χ4v) is 2.55. The number of hydrogen-bond acceptors (Lipinski definition) is 5. The number of benzene rings is 1. The van der Waals surface area contributed by atoms with Crippen molar-refractivity contribution in [3.8, 4) is 11.5 Å². The summed E-state index contributed by atoms with van der Waals surface area (Å²) in [5, 5.41) is 10.2. The Bertz CT molecular complexity index is 761. The summed E-state index contributed by atoms with van der Waals surface area (Å²) in [6, 6.07) is 4.90. The van der Waals surface area contributed by atoms with Crippen LogP contribution in [-0.2, 0) is 14.3 Å². The fourth-order valence-electron chi connectivity index (χ4n) is 2.55. The van der Waals surface area contributed by atoms with Crippen LogP contribution >= 0.6 is 0 Å². The quantitative estimate of drug-likeness (QED) is 0.509. The average Bonchev–Trinajstić information content (AvgIpc) is 2.81. The molecule has 0 fully saturated rings. The first-order chi connectivity index (χ1) is 11.5. The van der Waals surface area contributed by atoms with E-state index in [1.807, 2.05) is 0 Å². The summed E-state index contributed by atoms with van der Waals surface area (Å²) in [7, 11) is 2.69. The minimum Gasteiger partial charge on any atom is -0.504 e. The van der Waals surface area contributed by atoms with E-state index in [4.69, 9.17) is 9.47 Å². The van der Waals surface area contributed by atoms with Crippen LogP contribution in [0.1, 0.15) is 12.5 Å².